The van der Waals surface area contributed by atoms with Crippen LogP contribution in [-0.2, 0) is 15.8 Å². The highest BCUT2D eigenvalue weighted by molar-refractivity contribution is 7.88. The Morgan fingerprint density at radius 1 is 1.39 bits per heavy atom. The summed E-state index contributed by atoms with van der Waals surface area (Å²) in [4.78, 5) is 0. The maximum absolute atomic E-state index is 12.3. The second-order valence-corrected chi connectivity index (χ2v) is 6.49. The van der Waals surface area contributed by atoms with Gasteiger partial charge in [0.1, 0.15) is 0 Å². The summed E-state index contributed by atoms with van der Waals surface area (Å²) in [5, 5.41) is 8.96. The molecule has 0 bridgehead atoms. The summed E-state index contributed by atoms with van der Waals surface area (Å²) in [6.45, 7) is 0.0297. The Morgan fingerprint density at radius 3 is 2.67 bits per heavy atom. The van der Waals surface area contributed by atoms with Crippen LogP contribution in [0.15, 0.2) is 24.3 Å². The van der Waals surface area contributed by atoms with Gasteiger partial charge in [-0.05, 0) is 30.5 Å². The van der Waals surface area contributed by atoms with E-state index in [9.17, 15) is 8.42 Å². The molecule has 0 atom stereocenters. The van der Waals surface area contributed by atoms with Crippen LogP contribution in [0.25, 0.3) is 0 Å². The second-order valence-electron chi connectivity index (χ2n) is 4.57. The number of aliphatic hydroxyl groups is 1. The Bertz CT molecular complexity index is 512. The fourth-order valence-electron chi connectivity index (χ4n) is 1.99. The SMILES string of the molecule is Nc1cccc(CS(=O)(=O)N(CCO)C2CC2)c1. The highest BCUT2D eigenvalue weighted by Gasteiger charge is 2.36. The number of nitrogens with zero attached hydrogens (tertiary/aromatic N) is 1. The number of hydrogen-bond acceptors (Lipinski definition) is 4. The lowest BCUT2D eigenvalue weighted by Crippen LogP contribution is -2.36. The molecule has 5 nitrogen and oxygen atoms in total. The van der Waals surface area contributed by atoms with Crippen LogP contribution in [0.4, 0.5) is 5.69 Å². The minimum Gasteiger partial charge on any atom is -0.399 e. The molecule has 2 rings (SSSR count). The lowest BCUT2D eigenvalue weighted by atomic mass is 10.2. The molecule has 100 valence electrons. The zero-order valence-electron chi connectivity index (χ0n) is 10.1. The molecule has 1 saturated carbocycles. The molecule has 1 aromatic rings. The molecule has 1 aromatic carbocycles. The fraction of sp³-hybridized carbons (Fsp3) is 0.500. The van der Waals surface area contributed by atoms with Gasteiger partial charge in [0.15, 0.2) is 0 Å². The summed E-state index contributed by atoms with van der Waals surface area (Å²) >= 11 is 0. The van der Waals surface area contributed by atoms with Crippen molar-refractivity contribution >= 4 is 15.7 Å². The van der Waals surface area contributed by atoms with Gasteiger partial charge in [0, 0.05) is 18.3 Å². The molecule has 1 fully saturated rings. The summed E-state index contributed by atoms with van der Waals surface area (Å²) in [6, 6.07) is 6.96. The first-order valence-corrected chi connectivity index (χ1v) is 7.58. The van der Waals surface area contributed by atoms with E-state index in [0.29, 0.717) is 11.3 Å². The van der Waals surface area contributed by atoms with Crippen molar-refractivity contribution in [2.45, 2.75) is 24.6 Å². The van der Waals surface area contributed by atoms with Crippen LogP contribution in [0, 0.1) is 0 Å². The zero-order valence-corrected chi connectivity index (χ0v) is 10.9. The molecule has 1 aliphatic rings. The summed E-state index contributed by atoms with van der Waals surface area (Å²) in [5.74, 6) is -0.0610. The van der Waals surface area contributed by atoms with E-state index in [1.54, 1.807) is 24.3 Å². The third kappa shape index (κ3) is 3.22. The monoisotopic (exact) mass is 270 g/mol. The number of nitrogens with two attached hydrogens (primary N) is 1. The predicted octanol–water partition coefficient (Wildman–Crippen LogP) is 0.555. The first kappa shape index (κ1) is 13.3. The third-order valence-electron chi connectivity index (χ3n) is 2.93. The van der Waals surface area contributed by atoms with Crippen molar-refractivity contribution in [1.29, 1.82) is 0 Å². The molecule has 18 heavy (non-hydrogen) atoms. The van der Waals surface area contributed by atoms with Crippen LogP contribution in [0.3, 0.4) is 0 Å². The van der Waals surface area contributed by atoms with Crippen LogP contribution in [0.2, 0.25) is 0 Å². The second kappa shape index (κ2) is 5.26. The number of anilines is 1. The van der Waals surface area contributed by atoms with Crippen molar-refractivity contribution in [3.8, 4) is 0 Å². The smallest absolute Gasteiger partial charge is 0.218 e. The number of aliphatic hydroxyl groups excluding tert-OH is 1. The van der Waals surface area contributed by atoms with Crippen molar-refractivity contribution < 1.29 is 13.5 Å². The van der Waals surface area contributed by atoms with Gasteiger partial charge in [-0.1, -0.05) is 12.1 Å². The molecule has 3 N–H and O–H groups in total. The van der Waals surface area contributed by atoms with Gasteiger partial charge < -0.3 is 10.8 Å². The minimum absolute atomic E-state index is 0.0610. The number of benzene rings is 1. The molecule has 0 aliphatic heterocycles. The van der Waals surface area contributed by atoms with Gasteiger partial charge in [0.25, 0.3) is 0 Å². The van der Waals surface area contributed by atoms with Crippen LogP contribution < -0.4 is 5.73 Å². The molecule has 0 heterocycles. The quantitative estimate of drug-likeness (QED) is 0.740. The summed E-state index contributed by atoms with van der Waals surface area (Å²) < 4.78 is 25.9. The lowest BCUT2D eigenvalue weighted by molar-refractivity contribution is 0.250. The molecule has 0 saturated heterocycles. The third-order valence-corrected chi connectivity index (χ3v) is 4.83. The summed E-state index contributed by atoms with van der Waals surface area (Å²) in [7, 11) is -3.37. The first-order valence-electron chi connectivity index (χ1n) is 5.98. The van der Waals surface area contributed by atoms with E-state index in [4.69, 9.17) is 10.8 Å². The van der Waals surface area contributed by atoms with Crippen molar-refractivity contribution in [3.63, 3.8) is 0 Å². The van der Waals surface area contributed by atoms with Crippen molar-refractivity contribution in [2.75, 3.05) is 18.9 Å². The molecule has 0 radical (unpaired) electrons. The van der Waals surface area contributed by atoms with Crippen molar-refractivity contribution in [3.05, 3.63) is 29.8 Å². The van der Waals surface area contributed by atoms with E-state index in [-0.39, 0.29) is 24.9 Å². The van der Waals surface area contributed by atoms with E-state index in [1.165, 1.54) is 4.31 Å². The fourth-order valence-corrected chi connectivity index (χ4v) is 3.78. The van der Waals surface area contributed by atoms with E-state index in [1.807, 2.05) is 0 Å². The molecule has 6 heteroatoms. The molecular formula is C12H18N2O3S. The normalized spacial score (nSPS) is 16.1. The Kier molecular flexibility index (Phi) is 3.89. The van der Waals surface area contributed by atoms with Gasteiger partial charge in [-0.2, -0.15) is 4.31 Å². The molecule has 0 amide bonds. The van der Waals surface area contributed by atoms with Gasteiger partial charge in [0.2, 0.25) is 10.0 Å². The molecule has 0 unspecified atom stereocenters. The van der Waals surface area contributed by atoms with Crippen LogP contribution in [0.5, 0.6) is 0 Å². The Balaban J connectivity index is 2.14. The predicted molar refractivity (Wildman–Crippen MR) is 70.3 cm³/mol. The number of nitrogen functional groups attached to an aromatic ring is 1. The standard InChI is InChI=1S/C12H18N2O3S/c13-11-3-1-2-10(8-11)9-18(16,17)14(6-7-15)12-4-5-12/h1-3,8,12,15H,4-7,9,13H2. The first-order chi connectivity index (χ1) is 8.53. The van der Waals surface area contributed by atoms with Crippen LogP contribution >= 0.6 is 0 Å². The minimum atomic E-state index is -3.37. The Labute approximate surface area is 107 Å². The summed E-state index contributed by atoms with van der Waals surface area (Å²) in [6.07, 6.45) is 1.77. The molecule has 0 spiro atoms. The average molecular weight is 270 g/mol. The van der Waals surface area contributed by atoms with E-state index in [2.05, 4.69) is 0 Å². The van der Waals surface area contributed by atoms with E-state index >= 15 is 0 Å². The van der Waals surface area contributed by atoms with Gasteiger partial charge in [-0.15, -0.1) is 0 Å². The largest absolute Gasteiger partial charge is 0.399 e. The highest BCUT2D eigenvalue weighted by atomic mass is 32.2. The van der Waals surface area contributed by atoms with Gasteiger partial charge >= 0.3 is 0 Å². The zero-order chi connectivity index (χ0) is 13.2. The van der Waals surface area contributed by atoms with Crippen LogP contribution in [-0.4, -0.2) is 37.0 Å². The average Bonchev–Trinajstić information content (AvgIpc) is 3.08. The van der Waals surface area contributed by atoms with Gasteiger partial charge in [0.05, 0.1) is 12.4 Å². The maximum atomic E-state index is 12.3. The topological polar surface area (TPSA) is 83.6 Å². The molecule has 0 aromatic heterocycles. The highest BCUT2D eigenvalue weighted by Crippen LogP contribution is 2.30. The lowest BCUT2D eigenvalue weighted by Gasteiger charge is -2.20. The van der Waals surface area contributed by atoms with Crippen molar-refractivity contribution in [1.82, 2.24) is 4.31 Å². The van der Waals surface area contributed by atoms with Gasteiger partial charge in [-0.25, -0.2) is 8.42 Å². The molecule has 1 aliphatic carbocycles. The van der Waals surface area contributed by atoms with Crippen molar-refractivity contribution in [2.24, 2.45) is 0 Å². The number of rotatable bonds is 6. The van der Waals surface area contributed by atoms with E-state index < -0.39 is 10.0 Å². The van der Waals surface area contributed by atoms with E-state index in [0.717, 1.165) is 12.8 Å². The Hall–Kier alpha value is -1.11. The van der Waals surface area contributed by atoms with Gasteiger partial charge in [-0.3, -0.25) is 0 Å². The number of sulfonamides is 1. The molecular weight excluding hydrogens is 252 g/mol. The Morgan fingerprint density at radius 2 is 2.11 bits per heavy atom. The van der Waals surface area contributed by atoms with Crippen LogP contribution in [0.1, 0.15) is 18.4 Å². The number of hydrogen-bond donors (Lipinski definition) is 2. The summed E-state index contributed by atoms with van der Waals surface area (Å²) in [5.41, 5.74) is 6.87. The maximum Gasteiger partial charge on any atom is 0.218 e.